The first-order valence-electron chi connectivity index (χ1n) is 11.6. The Balaban J connectivity index is 1.74. The summed E-state index contributed by atoms with van der Waals surface area (Å²) in [6, 6.07) is 10.5. The smallest absolute Gasteiger partial charge is 0.275 e. The van der Waals surface area contributed by atoms with E-state index < -0.39 is 34.1 Å². The van der Waals surface area contributed by atoms with E-state index in [1.54, 1.807) is 42.6 Å². The van der Waals surface area contributed by atoms with Gasteiger partial charge in [0, 0.05) is 23.8 Å². The number of guanidine groups is 1. The van der Waals surface area contributed by atoms with E-state index in [2.05, 4.69) is 20.0 Å². The molecule has 0 aliphatic heterocycles. The summed E-state index contributed by atoms with van der Waals surface area (Å²) in [4.78, 5) is 46.8. The van der Waals surface area contributed by atoms with Crippen LogP contribution in [0.25, 0.3) is 0 Å². The second kappa shape index (κ2) is 13.0. The Labute approximate surface area is 223 Å². The summed E-state index contributed by atoms with van der Waals surface area (Å²) >= 11 is 1.15. The zero-order valence-corrected chi connectivity index (χ0v) is 22.3. The van der Waals surface area contributed by atoms with Crippen LogP contribution >= 0.6 is 11.3 Å². The van der Waals surface area contributed by atoms with Crippen molar-refractivity contribution in [3.05, 3.63) is 80.7 Å². The molecule has 3 rings (SSSR count). The largest absolute Gasteiger partial charge is 0.370 e. The molecule has 2 aromatic heterocycles. The van der Waals surface area contributed by atoms with E-state index in [1.807, 2.05) is 0 Å². The number of aliphatic imine (C=N–C) groups is 1. The maximum Gasteiger partial charge on any atom is 0.275 e. The number of amides is 1. The molecule has 0 saturated heterocycles. The molecule has 0 saturated carbocycles. The second-order valence-electron chi connectivity index (χ2n) is 8.40. The van der Waals surface area contributed by atoms with Gasteiger partial charge in [0.15, 0.2) is 11.0 Å². The van der Waals surface area contributed by atoms with Crippen molar-refractivity contribution < 1.29 is 18.0 Å². The Morgan fingerprint density at radius 2 is 1.89 bits per heavy atom. The van der Waals surface area contributed by atoms with Gasteiger partial charge in [0.1, 0.15) is 12.2 Å². The lowest BCUT2D eigenvalue weighted by Gasteiger charge is -2.18. The molecule has 0 fully saturated rings. The van der Waals surface area contributed by atoms with Crippen molar-refractivity contribution >= 4 is 44.7 Å². The van der Waals surface area contributed by atoms with Gasteiger partial charge in [-0.15, -0.1) is 11.3 Å². The van der Waals surface area contributed by atoms with Crippen molar-refractivity contribution in [2.45, 2.75) is 38.1 Å². The molecular weight excluding hydrogens is 530 g/mol. The Kier molecular flexibility index (Phi) is 9.73. The van der Waals surface area contributed by atoms with Crippen molar-refractivity contribution in [1.82, 2.24) is 14.9 Å². The summed E-state index contributed by atoms with van der Waals surface area (Å²) in [5, 5.41) is 4.55. The average Bonchev–Trinajstić information content (AvgIpc) is 3.40. The van der Waals surface area contributed by atoms with Crippen LogP contribution in [-0.4, -0.2) is 48.2 Å². The number of Topliss-reactive ketones (excluding diaryl/α,β-unsaturated/α-hetero) is 1. The van der Waals surface area contributed by atoms with E-state index in [0.29, 0.717) is 17.7 Å². The third kappa shape index (κ3) is 8.24. The molecule has 12 nitrogen and oxygen atoms in total. The van der Waals surface area contributed by atoms with E-state index in [9.17, 15) is 22.8 Å². The van der Waals surface area contributed by atoms with Crippen LogP contribution in [0.4, 0.5) is 5.69 Å². The van der Waals surface area contributed by atoms with Crippen molar-refractivity contribution in [3.63, 3.8) is 0 Å². The lowest BCUT2D eigenvalue weighted by Crippen LogP contribution is -2.44. The number of nitrogens with two attached hydrogens (primary N) is 2. The minimum Gasteiger partial charge on any atom is -0.370 e. The maximum atomic E-state index is 13.1. The number of hydrogen-bond donors (Lipinski definition) is 4. The molecular formula is C24H29N7O5S2. The fraction of sp³-hybridized carbons (Fsp3) is 0.292. The van der Waals surface area contributed by atoms with Gasteiger partial charge in [0.25, 0.3) is 5.56 Å². The van der Waals surface area contributed by atoms with Crippen LogP contribution in [0.3, 0.4) is 0 Å². The van der Waals surface area contributed by atoms with Gasteiger partial charge in [-0.3, -0.25) is 24.1 Å². The fourth-order valence-electron chi connectivity index (χ4n) is 3.59. The summed E-state index contributed by atoms with van der Waals surface area (Å²) in [5.41, 5.74) is 10.8. The van der Waals surface area contributed by atoms with Crippen LogP contribution in [0.5, 0.6) is 0 Å². The van der Waals surface area contributed by atoms with Crippen molar-refractivity contribution in [1.29, 1.82) is 0 Å². The molecule has 0 spiro atoms. The molecule has 1 aromatic carbocycles. The minimum absolute atomic E-state index is 0.0778. The number of ketones is 1. The lowest BCUT2D eigenvalue weighted by atomic mass is 10.1. The highest BCUT2D eigenvalue weighted by molar-refractivity contribution is 7.91. The number of pyridine rings is 1. The average molecular weight is 560 g/mol. The molecule has 0 aliphatic rings. The third-order valence-corrected chi connectivity index (χ3v) is 7.43. The zero-order chi connectivity index (χ0) is 27.7. The Hall–Kier alpha value is -4.04. The molecule has 1 atom stereocenters. The molecule has 1 unspecified atom stereocenters. The monoisotopic (exact) mass is 559 g/mol. The van der Waals surface area contributed by atoms with Gasteiger partial charge in [0.05, 0.1) is 11.8 Å². The topological polar surface area (TPSA) is 192 Å². The second-order valence-corrected chi connectivity index (χ2v) is 11.0. The highest BCUT2D eigenvalue weighted by atomic mass is 32.2. The van der Waals surface area contributed by atoms with Gasteiger partial charge in [-0.25, -0.2) is 13.4 Å². The van der Waals surface area contributed by atoms with Gasteiger partial charge in [-0.1, -0.05) is 30.3 Å². The van der Waals surface area contributed by atoms with E-state index >= 15 is 0 Å². The number of aryl methyl sites for hydroxylation is 1. The zero-order valence-electron chi connectivity index (χ0n) is 20.7. The Morgan fingerprint density at radius 3 is 2.55 bits per heavy atom. The van der Waals surface area contributed by atoms with Gasteiger partial charge >= 0.3 is 0 Å². The normalized spacial score (nSPS) is 11.9. The van der Waals surface area contributed by atoms with E-state index in [-0.39, 0.29) is 41.2 Å². The number of sulfonamides is 1. The molecule has 0 bridgehead atoms. The summed E-state index contributed by atoms with van der Waals surface area (Å²) in [7, 11) is -3.89. The van der Waals surface area contributed by atoms with Crippen LogP contribution < -0.4 is 27.1 Å². The molecule has 202 valence electrons. The van der Waals surface area contributed by atoms with Crippen molar-refractivity contribution in [3.8, 4) is 0 Å². The van der Waals surface area contributed by atoms with Crippen LogP contribution in [-0.2, 0) is 27.1 Å². The predicted molar refractivity (Wildman–Crippen MR) is 146 cm³/mol. The van der Waals surface area contributed by atoms with Crippen LogP contribution in [0.15, 0.2) is 63.8 Å². The van der Waals surface area contributed by atoms with Gasteiger partial charge in [-0.05, 0) is 37.5 Å². The van der Waals surface area contributed by atoms with E-state index in [4.69, 9.17) is 11.5 Å². The number of nitrogens with zero attached hydrogens (tertiary/aromatic N) is 3. The summed E-state index contributed by atoms with van der Waals surface area (Å²) in [6.07, 6.45) is 2.15. The van der Waals surface area contributed by atoms with Gasteiger partial charge < -0.3 is 21.4 Å². The molecule has 0 aliphatic carbocycles. The molecule has 2 heterocycles. The summed E-state index contributed by atoms with van der Waals surface area (Å²) in [6.45, 7) is 1.46. The number of thiazole rings is 1. The number of carbonyl (C=O) groups excluding carboxylic acids is 2. The van der Waals surface area contributed by atoms with E-state index in [0.717, 1.165) is 15.9 Å². The molecule has 3 aromatic rings. The number of carbonyl (C=O) groups is 2. The van der Waals surface area contributed by atoms with Crippen LogP contribution in [0.1, 0.15) is 33.9 Å². The third-order valence-electron chi connectivity index (χ3n) is 5.40. The Bertz CT molecular complexity index is 1450. The fourth-order valence-corrected chi connectivity index (χ4v) is 5.42. The highest BCUT2D eigenvalue weighted by Crippen LogP contribution is 2.13. The van der Waals surface area contributed by atoms with Crippen LogP contribution in [0, 0.1) is 6.92 Å². The molecule has 6 N–H and O–H groups in total. The number of benzene rings is 1. The van der Waals surface area contributed by atoms with Gasteiger partial charge in [-0.2, -0.15) is 0 Å². The predicted octanol–water partition coefficient (Wildman–Crippen LogP) is 0.976. The first-order valence-corrected chi connectivity index (χ1v) is 14.1. The van der Waals surface area contributed by atoms with Gasteiger partial charge in [0.2, 0.25) is 21.7 Å². The standard InChI is InChI=1S/C24H29N7O5S2/c1-16-9-10-19(30-38(35,36)15-17-6-3-2-4-7-17)23(34)31(16)14-20(32)29-18(8-5-11-28-24(25)26)21(33)22-27-12-13-37-22/h2-4,6-7,9-10,12-13,18,30H,5,8,11,14-15H2,1H3,(H,29,32)(H4,25,26,28). The molecule has 14 heteroatoms. The highest BCUT2D eigenvalue weighted by Gasteiger charge is 2.24. The molecule has 38 heavy (non-hydrogen) atoms. The molecule has 1 amide bonds. The summed E-state index contributed by atoms with van der Waals surface area (Å²) in [5.74, 6) is -1.37. The lowest BCUT2D eigenvalue weighted by molar-refractivity contribution is -0.122. The number of anilines is 1. The van der Waals surface area contributed by atoms with Crippen molar-refractivity contribution in [2.75, 3.05) is 11.3 Å². The Morgan fingerprint density at radius 1 is 1.16 bits per heavy atom. The SMILES string of the molecule is Cc1ccc(NS(=O)(=O)Cc2ccccc2)c(=O)n1CC(=O)NC(CCCN=C(N)N)C(=O)c1nccs1. The number of hydrogen-bond acceptors (Lipinski definition) is 8. The first-order chi connectivity index (χ1) is 18.1. The summed E-state index contributed by atoms with van der Waals surface area (Å²) < 4.78 is 28.7. The maximum absolute atomic E-state index is 13.1. The molecule has 0 radical (unpaired) electrons. The first kappa shape index (κ1) is 28.5. The number of rotatable bonds is 13. The number of nitrogens with one attached hydrogen (secondary N) is 2. The van der Waals surface area contributed by atoms with Crippen LogP contribution in [0.2, 0.25) is 0 Å². The van der Waals surface area contributed by atoms with E-state index in [1.165, 1.54) is 18.3 Å². The quantitative estimate of drug-likeness (QED) is 0.103. The van der Waals surface area contributed by atoms with Crippen molar-refractivity contribution in [2.24, 2.45) is 16.5 Å². The number of aromatic nitrogens is 2. The minimum atomic E-state index is -3.89.